The molecular formula is C15H13N3O. The molecule has 0 amide bonds. The predicted octanol–water partition coefficient (Wildman–Crippen LogP) is 2.49. The van der Waals surface area contributed by atoms with Gasteiger partial charge in [0.1, 0.15) is 11.6 Å². The van der Waals surface area contributed by atoms with Gasteiger partial charge in [0.05, 0.1) is 12.8 Å². The van der Waals surface area contributed by atoms with Crippen molar-refractivity contribution in [3.05, 3.63) is 59.7 Å². The van der Waals surface area contributed by atoms with Crippen LogP contribution in [0.5, 0.6) is 5.75 Å². The Morgan fingerprint density at radius 3 is 2.37 bits per heavy atom. The van der Waals surface area contributed by atoms with Gasteiger partial charge in [-0.15, -0.1) is 0 Å². The molecule has 0 unspecified atom stereocenters. The second-order valence-corrected chi connectivity index (χ2v) is 4.18. The summed E-state index contributed by atoms with van der Waals surface area (Å²) in [6, 6.07) is 15.3. The van der Waals surface area contributed by atoms with Crippen molar-refractivity contribution in [2.24, 2.45) is 15.7 Å². The van der Waals surface area contributed by atoms with Gasteiger partial charge in [-0.25, -0.2) is 9.98 Å². The Bertz CT molecular complexity index is 672. The standard InChI is InChI=1S/C15H13N3O/c1-19-11-8-6-10(7-9-11)17-15-13-5-3-2-4-12(13)14(16)18-15/h2-9H,1H3,(H2,16,17,18). The first-order valence-electron chi connectivity index (χ1n) is 5.94. The van der Waals surface area contributed by atoms with Gasteiger partial charge in [-0.05, 0) is 24.3 Å². The summed E-state index contributed by atoms with van der Waals surface area (Å²) in [5.74, 6) is 1.97. The van der Waals surface area contributed by atoms with E-state index in [1.54, 1.807) is 7.11 Å². The molecule has 2 N–H and O–H groups in total. The van der Waals surface area contributed by atoms with Crippen LogP contribution in [-0.4, -0.2) is 18.8 Å². The van der Waals surface area contributed by atoms with Gasteiger partial charge in [0, 0.05) is 11.1 Å². The van der Waals surface area contributed by atoms with Crippen LogP contribution in [0.2, 0.25) is 0 Å². The number of methoxy groups -OCH3 is 1. The molecule has 19 heavy (non-hydrogen) atoms. The van der Waals surface area contributed by atoms with Crippen molar-refractivity contribution in [2.75, 3.05) is 7.11 Å². The van der Waals surface area contributed by atoms with Crippen LogP contribution >= 0.6 is 0 Å². The molecule has 0 fully saturated rings. The largest absolute Gasteiger partial charge is 0.497 e. The molecule has 0 aromatic heterocycles. The minimum Gasteiger partial charge on any atom is -0.497 e. The van der Waals surface area contributed by atoms with Gasteiger partial charge >= 0.3 is 0 Å². The van der Waals surface area contributed by atoms with Crippen LogP contribution in [-0.2, 0) is 0 Å². The number of hydrogen-bond donors (Lipinski definition) is 1. The molecule has 1 aliphatic heterocycles. The summed E-state index contributed by atoms with van der Waals surface area (Å²) in [4.78, 5) is 8.83. The summed E-state index contributed by atoms with van der Waals surface area (Å²) in [7, 11) is 1.64. The SMILES string of the molecule is COc1ccc(N=C2N=C(N)c3ccccc32)cc1. The summed E-state index contributed by atoms with van der Waals surface area (Å²) in [5, 5.41) is 0. The number of nitrogens with two attached hydrogens (primary N) is 1. The Kier molecular flexibility index (Phi) is 2.76. The van der Waals surface area contributed by atoms with Crippen LogP contribution in [0.4, 0.5) is 5.69 Å². The third kappa shape index (κ3) is 2.08. The van der Waals surface area contributed by atoms with Crippen molar-refractivity contribution in [3.8, 4) is 5.75 Å². The predicted molar refractivity (Wildman–Crippen MR) is 76.4 cm³/mol. The Morgan fingerprint density at radius 2 is 1.68 bits per heavy atom. The van der Waals surface area contributed by atoms with Crippen molar-refractivity contribution in [1.29, 1.82) is 0 Å². The molecule has 4 heteroatoms. The quantitative estimate of drug-likeness (QED) is 0.891. The summed E-state index contributed by atoms with van der Waals surface area (Å²) >= 11 is 0. The molecule has 0 bridgehead atoms. The van der Waals surface area contributed by atoms with Crippen molar-refractivity contribution in [2.45, 2.75) is 0 Å². The maximum Gasteiger partial charge on any atom is 0.162 e. The van der Waals surface area contributed by atoms with Crippen LogP contribution in [0.15, 0.2) is 58.5 Å². The van der Waals surface area contributed by atoms with E-state index in [2.05, 4.69) is 9.98 Å². The molecule has 0 radical (unpaired) electrons. The second-order valence-electron chi connectivity index (χ2n) is 4.18. The lowest BCUT2D eigenvalue weighted by molar-refractivity contribution is 0.415. The average Bonchev–Trinajstić information content (AvgIpc) is 2.77. The van der Waals surface area contributed by atoms with Crippen LogP contribution in [0.3, 0.4) is 0 Å². The van der Waals surface area contributed by atoms with E-state index >= 15 is 0 Å². The molecule has 0 spiro atoms. The minimum atomic E-state index is 0.517. The molecular weight excluding hydrogens is 238 g/mol. The Morgan fingerprint density at radius 1 is 1.00 bits per heavy atom. The third-order valence-corrected chi connectivity index (χ3v) is 2.98. The van der Waals surface area contributed by atoms with Gasteiger partial charge in [0.25, 0.3) is 0 Å². The highest BCUT2D eigenvalue weighted by molar-refractivity contribution is 6.22. The number of hydrogen-bond acceptors (Lipinski definition) is 3. The number of benzene rings is 2. The highest BCUT2D eigenvalue weighted by atomic mass is 16.5. The van der Waals surface area contributed by atoms with Gasteiger partial charge < -0.3 is 10.5 Å². The molecule has 2 aromatic carbocycles. The second kappa shape index (κ2) is 4.57. The van der Waals surface area contributed by atoms with Gasteiger partial charge in [0.2, 0.25) is 0 Å². The Labute approximate surface area is 111 Å². The topological polar surface area (TPSA) is 60.0 Å². The molecule has 0 atom stereocenters. The normalized spacial score (nSPS) is 15.2. The number of aliphatic imine (C=N–C) groups is 2. The molecule has 1 aliphatic rings. The maximum absolute atomic E-state index is 5.89. The smallest absolute Gasteiger partial charge is 0.162 e. The minimum absolute atomic E-state index is 0.517. The first-order chi connectivity index (χ1) is 9.28. The third-order valence-electron chi connectivity index (χ3n) is 2.98. The lowest BCUT2D eigenvalue weighted by atomic mass is 10.1. The van der Waals surface area contributed by atoms with Crippen molar-refractivity contribution >= 4 is 17.4 Å². The van der Waals surface area contributed by atoms with E-state index in [4.69, 9.17) is 10.5 Å². The van der Waals surface area contributed by atoms with Crippen LogP contribution in [0.25, 0.3) is 0 Å². The highest BCUT2D eigenvalue weighted by Gasteiger charge is 2.18. The van der Waals surface area contributed by atoms with Crippen molar-refractivity contribution in [1.82, 2.24) is 0 Å². The number of amidine groups is 2. The van der Waals surface area contributed by atoms with E-state index in [-0.39, 0.29) is 0 Å². The van der Waals surface area contributed by atoms with E-state index in [0.29, 0.717) is 11.7 Å². The summed E-state index contributed by atoms with van der Waals surface area (Å²) in [6.07, 6.45) is 0. The lowest BCUT2D eigenvalue weighted by Crippen LogP contribution is -2.09. The van der Waals surface area contributed by atoms with Crippen molar-refractivity contribution in [3.63, 3.8) is 0 Å². The Hall–Kier alpha value is -2.62. The number of fused-ring (bicyclic) bond motifs is 1. The number of nitrogens with zero attached hydrogens (tertiary/aromatic N) is 2. The number of rotatable bonds is 2. The number of ether oxygens (including phenoxy) is 1. The van der Waals surface area contributed by atoms with E-state index in [9.17, 15) is 0 Å². The Balaban J connectivity index is 2.01. The molecule has 4 nitrogen and oxygen atoms in total. The fourth-order valence-corrected chi connectivity index (χ4v) is 2.00. The summed E-state index contributed by atoms with van der Waals surface area (Å²) in [5.41, 5.74) is 8.62. The molecule has 94 valence electrons. The summed E-state index contributed by atoms with van der Waals surface area (Å²) < 4.78 is 5.12. The zero-order valence-electron chi connectivity index (χ0n) is 10.5. The van der Waals surface area contributed by atoms with Crippen LogP contribution in [0.1, 0.15) is 11.1 Å². The van der Waals surface area contributed by atoms with E-state index in [1.807, 2.05) is 48.5 Å². The highest BCUT2D eigenvalue weighted by Crippen LogP contribution is 2.23. The van der Waals surface area contributed by atoms with Gasteiger partial charge in [-0.2, -0.15) is 0 Å². The van der Waals surface area contributed by atoms with Gasteiger partial charge in [-0.1, -0.05) is 24.3 Å². The monoisotopic (exact) mass is 251 g/mol. The van der Waals surface area contributed by atoms with E-state index in [1.165, 1.54) is 0 Å². The van der Waals surface area contributed by atoms with Gasteiger partial charge in [0.15, 0.2) is 5.84 Å². The molecule has 3 rings (SSSR count). The van der Waals surface area contributed by atoms with E-state index < -0.39 is 0 Å². The van der Waals surface area contributed by atoms with Crippen LogP contribution < -0.4 is 10.5 Å². The average molecular weight is 251 g/mol. The first kappa shape index (κ1) is 11.5. The fourth-order valence-electron chi connectivity index (χ4n) is 2.00. The summed E-state index contributed by atoms with van der Waals surface area (Å²) in [6.45, 7) is 0. The zero-order valence-corrected chi connectivity index (χ0v) is 10.5. The molecule has 0 aliphatic carbocycles. The fraction of sp³-hybridized carbons (Fsp3) is 0.0667. The van der Waals surface area contributed by atoms with Crippen LogP contribution in [0, 0.1) is 0 Å². The molecule has 0 saturated heterocycles. The molecule has 2 aromatic rings. The maximum atomic E-state index is 5.89. The lowest BCUT2D eigenvalue weighted by Gasteiger charge is -2.01. The zero-order chi connectivity index (χ0) is 13.2. The molecule has 0 saturated carbocycles. The first-order valence-corrected chi connectivity index (χ1v) is 5.94. The van der Waals surface area contributed by atoms with E-state index in [0.717, 1.165) is 22.6 Å². The van der Waals surface area contributed by atoms with Gasteiger partial charge in [-0.3, -0.25) is 0 Å². The van der Waals surface area contributed by atoms with Crippen molar-refractivity contribution < 1.29 is 4.74 Å². The molecule has 1 heterocycles.